The van der Waals surface area contributed by atoms with E-state index in [-0.39, 0.29) is 0 Å². The van der Waals surface area contributed by atoms with Crippen LogP contribution in [0, 0.1) is 0 Å². The largest absolute Gasteiger partial charge is 0.497 e. The van der Waals surface area contributed by atoms with E-state index in [4.69, 9.17) is 10.5 Å². The average molecular weight is 214 g/mol. The fraction of sp³-hybridized carbons (Fsp3) is 0.154. The number of aromatic nitrogens is 1. The summed E-state index contributed by atoms with van der Waals surface area (Å²) in [5.74, 6) is 0.846. The van der Waals surface area contributed by atoms with E-state index in [1.54, 1.807) is 7.11 Å². The van der Waals surface area contributed by atoms with Crippen LogP contribution in [0.15, 0.2) is 42.5 Å². The number of benzene rings is 1. The summed E-state index contributed by atoms with van der Waals surface area (Å²) < 4.78 is 5.11. The van der Waals surface area contributed by atoms with E-state index in [1.165, 1.54) is 0 Å². The zero-order valence-electron chi connectivity index (χ0n) is 9.18. The second kappa shape index (κ2) is 4.77. The summed E-state index contributed by atoms with van der Waals surface area (Å²) in [6.45, 7) is 0.462. The van der Waals surface area contributed by atoms with Gasteiger partial charge in [-0.05, 0) is 36.4 Å². The molecule has 0 radical (unpaired) electrons. The Morgan fingerprint density at radius 2 is 1.88 bits per heavy atom. The van der Waals surface area contributed by atoms with Gasteiger partial charge < -0.3 is 10.5 Å². The number of hydrogen-bond acceptors (Lipinski definition) is 3. The van der Waals surface area contributed by atoms with Gasteiger partial charge in [0.1, 0.15) is 5.75 Å². The molecule has 0 bridgehead atoms. The highest BCUT2D eigenvalue weighted by Gasteiger charge is 2.00. The van der Waals surface area contributed by atoms with Crippen molar-refractivity contribution in [2.75, 3.05) is 7.11 Å². The highest BCUT2D eigenvalue weighted by molar-refractivity contribution is 5.60. The molecule has 0 aliphatic carbocycles. The molecule has 1 aromatic carbocycles. The van der Waals surface area contributed by atoms with E-state index in [2.05, 4.69) is 4.98 Å². The maximum atomic E-state index is 5.56. The average Bonchev–Trinajstić information content (AvgIpc) is 2.39. The van der Waals surface area contributed by atoms with E-state index in [9.17, 15) is 0 Å². The Kier molecular flexibility index (Phi) is 3.17. The van der Waals surface area contributed by atoms with Crippen molar-refractivity contribution in [2.45, 2.75) is 6.54 Å². The third kappa shape index (κ3) is 2.20. The van der Waals surface area contributed by atoms with Gasteiger partial charge in [0.2, 0.25) is 0 Å². The SMILES string of the molecule is COc1ccc(-c2cccc(CN)n2)cc1. The molecule has 0 saturated heterocycles. The third-order valence-corrected chi connectivity index (χ3v) is 2.40. The van der Waals surface area contributed by atoms with Gasteiger partial charge in [0.15, 0.2) is 0 Å². The maximum absolute atomic E-state index is 5.56. The van der Waals surface area contributed by atoms with Gasteiger partial charge in [-0.15, -0.1) is 0 Å². The molecule has 0 aliphatic rings. The van der Waals surface area contributed by atoms with Crippen molar-refractivity contribution in [3.05, 3.63) is 48.2 Å². The highest BCUT2D eigenvalue weighted by Crippen LogP contribution is 2.20. The summed E-state index contributed by atoms with van der Waals surface area (Å²) in [5, 5.41) is 0. The summed E-state index contributed by atoms with van der Waals surface area (Å²) in [6, 6.07) is 13.7. The molecule has 2 N–H and O–H groups in total. The monoisotopic (exact) mass is 214 g/mol. The fourth-order valence-corrected chi connectivity index (χ4v) is 1.52. The number of rotatable bonds is 3. The quantitative estimate of drug-likeness (QED) is 0.852. The molecule has 2 aromatic rings. The lowest BCUT2D eigenvalue weighted by Gasteiger charge is -2.04. The zero-order valence-corrected chi connectivity index (χ0v) is 9.18. The molecule has 82 valence electrons. The normalized spacial score (nSPS) is 10.1. The van der Waals surface area contributed by atoms with E-state index in [0.717, 1.165) is 22.7 Å². The number of nitrogens with two attached hydrogens (primary N) is 1. The van der Waals surface area contributed by atoms with Crippen molar-refractivity contribution < 1.29 is 4.74 Å². The molecule has 16 heavy (non-hydrogen) atoms. The molecule has 0 spiro atoms. The van der Waals surface area contributed by atoms with E-state index < -0.39 is 0 Å². The summed E-state index contributed by atoms with van der Waals surface area (Å²) in [7, 11) is 1.66. The number of ether oxygens (including phenoxy) is 1. The molecule has 0 unspecified atom stereocenters. The smallest absolute Gasteiger partial charge is 0.118 e. The second-order valence-electron chi connectivity index (χ2n) is 3.45. The van der Waals surface area contributed by atoms with Gasteiger partial charge in [0, 0.05) is 12.1 Å². The number of pyridine rings is 1. The first-order valence-electron chi connectivity index (χ1n) is 5.14. The second-order valence-corrected chi connectivity index (χ2v) is 3.45. The lowest BCUT2D eigenvalue weighted by Crippen LogP contribution is -1.99. The standard InChI is InChI=1S/C13H14N2O/c1-16-12-7-5-10(6-8-12)13-4-2-3-11(9-14)15-13/h2-8H,9,14H2,1H3. The first kappa shape index (κ1) is 10.6. The Morgan fingerprint density at radius 3 is 2.50 bits per heavy atom. The lowest BCUT2D eigenvalue weighted by atomic mass is 10.1. The summed E-state index contributed by atoms with van der Waals surface area (Å²) in [5.41, 5.74) is 8.46. The van der Waals surface area contributed by atoms with Gasteiger partial charge in [-0.25, -0.2) is 0 Å². The molecule has 0 fully saturated rings. The van der Waals surface area contributed by atoms with Crippen LogP contribution in [0.3, 0.4) is 0 Å². The van der Waals surface area contributed by atoms with Gasteiger partial charge in [-0.3, -0.25) is 4.98 Å². The van der Waals surface area contributed by atoms with E-state index >= 15 is 0 Å². The van der Waals surface area contributed by atoms with Crippen molar-refractivity contribution in [2.24, 2.45) is 5.73 Å². The van der Waals surface area contributed by atoms with E-state index in [0.29, 0.717) is 6.54 Å². The van der Waals surface area contributed by atoms with Crippen LogP contribution < -0.4 is 10.5 Å². The summed E-state index contributed by atoms with van der Waals surface area (Å²) in [4.78, 5) is 4.45. The lowest BCUT2D eigenvalue weighted by molar-refractivity contribution is 0.415. The maximum Gasteiger partial charge on any atom is 0.118 e. The van der Waals surface area contributed by atoms with Crippen LogP contribution in [0.5, 0.6) is 5.75 Å². The van der Waals surface area contributed by atoms with Crippen LogP contribution in [-0.2, 0) is 6.54 Å². The van der Waals surface area contributed by atoms with Gasteiger partial charge in [-0.2, -0.15) is 0 Å². The molecule has 1 aromatic heterocycles. The van der Waals surface area contributed by atoms with Crippen LogP contribution in [0.25, 0.3) is 11.3 Å². The molecule has 0 atom stereocenters. The van der Waals surface area contributed by atoms with Gasteiger partial charge >= 0.3 is 0 Å². The number of methoxy groups -OCH3 is 1. The minimum Gasteiger partial charge on any atom is -0.497 e. The minimum atomic E-state index is 0.462. The molecule has 3 heteroatoms. The van der Waals surface area contributed by atoms with Crippen molar-refractivity contribution in [1.29, 1.82) is 0 Å². The van der Waals surface area contributed by atoms with Crippen molar-refractivity contribution in [3.8, 4) is 17.0 Å². The molecule has 0 saturated carbocycles. The molecule has 3 nitrogen and oxygen atoms in total. The molecule has 1 heterocycles. The summed E-state index contributed by atoms with van der Waals surface area (Å²) in [6.07, 6.45) is 0. The highest BCUT2D eigenvalue weighted by atomic mass is 16.5. The minimum absolute atomic E-state index is 0.462. The predicted octanol–water partition coefficient (Wildman–Crippen LogP) is 2.22. The Bertz CT molecular complexity index is 466. The predicted molar refractivity (Wildman–Crippen MR) is 64.1 cm³/mol. The zero-order chi connectivity index (χ0) is 11.4. The Morgan fingerprint density at radius 1 is 1.12 bits per heavy atom. The number of hydrogen-bond donors (Lipinski definition) is 1. The summed E-state index contributed by atoms with van der Waals surface area (Å²) >= 11 is 0. The van der Waals surface area contributed by atoms with Gasteiger partial charge in [0.25, 0.3) is 0 Å². The molecular weight excluding hydrogens is 200 g/mol. The van der Waals surface area contributed by atoms with Crippen LogP contribution in [0.2, 0.25) is 0 Å². The van der Waals surface area contributed by atoms with Gasteiger partial charge in [-0.1, -0.05) is 6.07 Å². The van der Waals surface area contributed by atoms with Crippen molar-refractivity contribution >= 4 is 0 Å². The van der Waals surface area contributed by atoms with Crippen LogP contribution in [-0.4, -0.2) is 12.1 Å². The third-order valence-electron chi connectivity index (χ3n) is 2.40. The Hall–Kier alpha value is -1.87. The Balaban J connectivity index is 2.34. The van der Waals surface area contributed by atoms with Crippen LogP contribution in [0.4, 0.5) is 0 Å². The van der Waals surface area contributed by atoms with Crippen molar-refractivity contribution in [3.63, 3.8) is 0 Å². The van der Waals surface area contributed by atoms with Crippen molar-refractivity contribution in [1.82, 2.24) is 4.98 Å². The fourth-order valence-electron chi connectivity index (χ4n) is 1.52. The van der Waals surface area contributed by atoms with E-state index in [1.807, 2.05) is 42.5 Å². The topological polar surface area (TPSA) is 48.1 Å². The Labute approximate surface area is 94.9 Å². The first-order chi connectivity index (χ1) is 7.83. The first-order valence-corrected chi connectivity index (χ1v) is 5.14. The van der Waals surface area contributed by atoms with Crippen LogP contribution in [0.1, 0.15) is 5.69 Å². The number of nitrogens with zero attached hydrogens (tertiary/aromatic N) is 1. The molecule has 0 amide bonds. The van der Waals surface area contributed by atoms with Gasteiger partial charge in [0.05, 0.1) is 18.5 Å². The molecule has 0 aliphatic heterocycles. The van der Waals surface area contributed by atoms with Crippen LogP contribution >= 0.6 is 0 Å². The molecular formula is C13H14N2O. The molecule has 2 rings (SSSR count).